The predicted molar refractivity (Wildman–Crippen MR) is 56.7 cm³/mol. The average molecular weight is 257 g/mol. The Labute approximate surface area is 88.7 Å². The van der Waals surface area contributed by atoms with Crippen LogP contribution in [0.1, 0.15) is 6.42 Å². The molecule has 2 aromatic rings. The summed E-state index contributed by atoms with van der Waals surface area (Å²) < 4.78 is 6.58. The highest BCUT2D eigenvalue weighted by molar-refractivity contribution is 9.09. The second kappa shape index (κ2) is 3.96. The molecule has 14 heavy (non-hydrogen) atoms. The summed E-state index contributed by atoms with van der Waals surface area (Å²) in [6.45, 7) is 0.656. The number of fused-ring (bicyclic) bond motifs is 1. The molecule has 2 rings (SSSR count). The van der Waals surface area contributed by atoms with Crippen molar-refractivity contribution in [2.45, 2.75) is 13.0 Å². The number of aryl methyl sites for hydroxylation is 1. The van der Waals surface area contributed by atoms with Crippen LogP contribution in [0.3, 0.4) is 0 Å². The third-order valence-corrected chi connectivity index (χ3v) is 2.52. The molecule has 0 atom stereocenters. The normalized spacial score (nSPS) is 10.9. The third kappa shape index (κ3) is 1.59. The van der Waals surface area contributed by atoms with Crippen molar-refractivity contribution < 1.29 is 4.42 Å². The Balaban J connectivity index is 2.51. The monoisotopic (exact) mass is 256 g/mol. The summed E-state index contributed by atoms with van der Waals surface area (Å²) in [5.74, 6) is -0.334. The van der Waals surface area contributed by atoms with Gasteiger partial charge in [0.1, 0.15) is 5.52 Å². The molecule has 0 spiro atoms. The van der Waals surface area contributed by atoms with Crippen LogP contribution in [0.4, 0.5) is 0 Å². The molecule has 0 aliphatic heterocycles. The first-order chi connectivity index (χ1) is 6.83. The van der Waals surface area contributed by atoms with Crippen molar-refractivity contribution in [3.8, 4) is 0 Å². The molecule has 4 nitrogen and oxygen atoms in total. The van der Waals surface area contributed by atoms with Crippen LogP contribution in [-0.2, 0) is 6.54 Å². The third-order valence-electron chi connectivity index (χ3n) is 1.96. The highest BCUT2D eigenvalue weighted by atomic mass is 79.9. The molecule has 0 fully saturated rings. The first-order valence-electron chi connectivity index (χ1n) is 4.33. The molecule has 2 aromatic heterocycles. The molecule has 0 aliphatic carbocycles. The molecule has 0 radical (unpaired) electrons. The first-order valence-corrected chi connectivity index (χ1v) is 5.45. The summed E-state index contributed by atoms with van der Waals surface area (Å²) in [5.41, 5.74) is 1.17. The van der Waals surface area contributed by atoms with Gasteiger partial charge in [-0.25, -0.2) is 9.78 Å². The van der Waals surface area contributed by atoms with Crippen LogP contribution in [0.2, 0.25) is 0 Å². The molecule has 5 heteroatoms. The van der Waals surface area contributed by atoms with Gasteiger partial charge in [-0.15, -0.1) is 0 Å². The number of hydrogen-bond acceptors (Lipinski definition) is 3. The minimum Gasteiger partial charge on any atom is -0.389 e. The van der Waals surface area contributed by atoms with E-state index >= 15 is 0 Å². The topological polar surface area (TPSA) is 48.0 Å². The van der Waals surface area contributed by atoms with Crippen molar-refractivity contribution in [3.05, 3.63) is 28.9 Å². The minimum atomic E-state index is -0.334. The lowest BCUT2D eigenvalue weighted by molar-refractivity contribution is 0.498. The molecule has 74 valence electrons. The second-order valence-electron chi connectivity index (χ2n) is 2.89. The average Bonchev–Trinajstić information content (AvgIpc) is 2.51. The van der Waals surface area contributed by atoms with Crippen molar-refractivity contribution in [1.82, 2.24) is 9.55 Å². The van der Waals surface area contributed by atoms with Gasteiger partial charge in [-0.2, -0.15) is 0 Å². The number of alkyl halides is 1. The molecular weight excluding hydrogens is 248 g/mol. The zero-order valence-electron chi connectivity index (χ0n) is 7.44. The highest BCUT2D eigenvalue weighted by Gasteiger charge is 2.07. The van der Waals surface area contributed by atoms with E-state index in [0.717, 1.165) is 17.3 Å². The predicted octanol–water partition coefficient (Wildman–Crippen LogP) is 1.77. The van der Waals surface area contributed by atoms with Gasteiger partial charge in [-0.1, -0.05) is 15.9 Å². The molecule has 0 saturated carbocycles. The Hall–Kier alpha value is -1.10. The Morgan fingerprint density at radius 1 is 1.57 bits per heavy atom. The Bertz CT molecular complexity index is 489. The molecule has 2 heterocycles. The zero-order chi connectivity index (χ0) is 9.97. The maximum Gasteiger partial charge on any atom is 0.421 e. The van der Waals surface area contributed by atoms with E-state index < -0.39 is 0 Å². The molecule has 0 bridgehead atoms. The van der Waals surface area contributed by atoms with E-state index in [1.807, 2.05) is 6.07 Å². The summed E-state index contributed by atoms with van der Waals surface area (Å²) in [6.07, 6.45) is 2.50. The van der Waals surface area contributed by atoms with E-state index in [0.29, 0.717) is 12.3 Å². The van der Waals surface area contributed by atoms with Crippen LogP contribution in [0, 0.1) is 0 Å². The fraction of sp³-hybridized carbons (Fsp3) is 0.333. The Morgan fingerprint density at radius 2 is 2.43 bits per heavy atom. The van der Waals surface area contributed by atoms with Gasteiger partial charge in [0.25, 0.3) is 0 Å². The standard InChI is InChI=1S/C9H9BrN2O2/c10-4-2-6-12-7-3-1-5-11-8(7)14-9(12)13/h1,3,5H,2,4,6H2. The maximum atomic E-state index is 11.4. The minimum absolute atomic E-state index is 0.334. The zero-order valence-corrected chi connectivity index (χ0v) is 9.03. The summed E-state index contributed by atoms with van der Waals surface area (Å²) >= 11 is 3.32. The molecular formula is C9H9BrN2O2. The van der Waals surface area contributed by atoms with E-state index in [1.165, 1.54) is 0 Å². The van der Waals surface area contributed by atoms with Crippen LogP contribution in [0.15, 0.2) is 27.5 Å². The quantitative estimate of drug-likeness (QED) is 0.787. The fourth-order valence-corrected chi connectivity index (χ4v) is 1.58. The lowest BCUT2D eigenvalue weighted by atomic mass is 10.4. The number of pyridine rings is 1. The van der Waals surface area contributed by atoms with E-state index in [9.17, 15) is 4.79 Å². The second-order valence-corrected chi connectivity index (χ2v) is 3.68. The largest absolute Gasteiger partial charge is 0.421 e. The summed E-state index contributed by atoms with van der Waals surface area (Å²) in [4.78, 5) is 15.4. The highest BCUT2D eigenvalue weighted by Crippen LogP contribution is 2.09. The number of nitrogens with zero attached hydrogens (tertiary/aromatic N) is 2. The number of hydrogen-bond donors (Lipinski definition) is 0. The smallest absolute Gasteiger partial charge is 0.389 e. The van der Waals surface area contributed by atoms with Crippen LogP contribution in [0.25, 0.3) is 11.2 Å². The molecule has 0 aromatic carbocycles. The van der Waals surface area contributed by atoms with E-state index in [-0.39, 0.29) is 5.76 Å². The van der Waals surface area contributed by atoms with Crippen LogP contribution in [-0.4, -0.2) is 14.9 Å². The Morgan fingerprint density at radius 3 is 3.21 bits per heavy atom. The van der Waals surface area contributed by atoms with E-state index in [2.05, 4.69) is 20.9 Å². The molecule has 0 saturated heterocycles. The van der Waals surface area contributed by atoms with Crippen molar-refractivity contribution in [3.63, 3.8) is 0 Å². The number of oxazole rings is 1. The molecule has 0 unspecified atom stereocenters. The van der Waals surface area contributed by atoms with Crippen LogP contribution < -0.4 is 5.76 Å². The molecule has 0 N–H and O–H groups in total. The number of aromatic nitrogens is 2. The van der Waals surface area contributed by atoms with Crippen molar-refractivity contribution in [2.75, 3.05) is 5.33 Å². The number of rotatable bonds is 3. The van der Waals surface area contributed by atoms with Gasteiger partial charge in [0.15, 0.2) is 0 Å². The van der Waals surface area contributed by atoms with Gasteiger partial charge in [0.05, 0.1) is 0 Å². The summed E-state index contributed by atoms with van der Waals surface area (Å²) in [7, 11) is 0. The van der Waals surface area contributed by atoms with Crippen LogP contribution >= 0.6 is 15.9 Å². The lowest BCUT2D eigenvalue weighted by Gasteiger charge is -1.97. The lowest BCUT2D eigenvalue weighted by Crippen LogP contribution is -2.14. The van der Waals surface area contributed by atoms with Gasteiger partial charge in [0.2, 0.25) is 5.71 Å². The van der Waals surface area contributed by atoms with Gasteiger partial charge in [-0.3, -0.25) is 4.57 Å². The van der Waals surface area contributed by atoms with E-state index in [1.54, 1.807) is 16.8 Å². The summed E-state index contributed by atoms with van der Waals surface area (Å²) in [6, 6.07) is 3.63. The Kier molecular flexibility index (Phi) is 2.67. The SMILES string of the molecule is O=c1oc2ncccc2n1CCCBr. The van der Waals surface area contributed by atoms with Crippen molar-refractivity contribution in [2.24, 2.45) is 0 Å². The fourth-order valence-electron chi connectivity index (χ4n) is 1.33. The van der Waals surface area contributed by atoms with Gasteiger partial charge < -0.3 is 4.42 Å². The van der Waals surface area contributed by atoms with Crippen molar-refractivity contribution in [1.29, 1.82) is 0 Å². The number of halogens is 1. The molecule has 0 amide bonds. The van der Waals surface area contributed by atoms with Gasteiger partial charge >= 0.3 is 5.76 Å². The van der Waals surface area contributed by atoms with E-state index in [4.69, 9.17) is 4.42 Å². The maximum absolute atomic E-state index is 11.4. The molecule has 0 aliphatic rings. The van der Waals surface area contributed by atoms with Gasteiger partial charge in [-0.05, 0) is 18.6 Å². The van der Waals surface area contributed by atoms with Gasteiger partial charge in [0, 0.05) is 18.1 Å². The van der Waals surface area contributed by atoms with Crippen molar-refractivity contribution >= 4 is 27.2 Å². The first kappa shape index (κ1) is 9.45. The van der Waals surface area contributed by atoms with Crippen LogP contribution in [0.5, 0.6) is 0 Å². The summed E-state index contributed by atoms with van der Waals surface area (Å²) in [5, 5.41) is 0.867.